The van der Waals surface area contributed by atoms with Crippen molar-refractivity contribution in [2.24, 2.45) is 11.3 Å². The summed E-state index contributed by atoms with van der Waals surface area (Å²) in [5.41, 5.74) is 4.30. The smallest absolute Gasteiger partial charge is 0.264 e. The molecule has 150 valence electrons. The van der Waals surface area contributed by atoms with Gasteiger partial charge >= 0.3 is 0 Å². The maximum atomic E-state index is 13.6. The number of anilines is 1. The number of nitrogens with zero attached hydrogens (tertiary/aromatic N) is 1. The SMILES string of the molecule is C=C1[C@@H]2CN(S(=O)(=O)c3ccccc3)c3ccccc3[C@]2(c2ccccc2)C12CC2. The van der Waals surface area contributed by atoms with Gasteiger partial charge in [-0.15, -0.1) is 0 Å². The Morgan fingerprint density at radius 3 is 2.10 bits per heavy atom. The molecule has 0 amide bonds. The number of hydrogen-bond donors (Lipinski definition) is 0. The van der Waals surface area contributed by atoms with Crippen LogP contribution in [0.2, 0.25) is 0 Å². The summed E-state index contributed by atoms with van der Waals surface area (Å²) < 4.78 is 28.9. The number of rotatable bonds is 3. The predicted molar refractivity (Wildman–Crippen MR) is 119 cm³/mol. The third kappa shape index (κ3) is 1.98. The molecule has 30 heavy (non-hydrogen) atoms. The molecule has 4 heteroatoms. The molecule has 2 atom stereocenters. The quantitative estimate of drug-likeness (QED) is 0.557. The van der Waals surface area contributed by atoms with Crippen molar-refractivity contribution in [1.82, 2.24) is 0 Å². The van der Waals surface area contributed by atoms with E-state index < -0.39 is 10.0 Å². The van der Waals surface area contributed by atoms with Crippen LogP contribution in [0.1, 0.15) is 24.0 Å². The van der Waals surface area contributed by atoms with Crippen molar-refractivity contribution < 1.29 is 8.42 Å². The van der Waals surface area contributed by atoms with Crippen LogP contribution in [0.5, 0.6) is 0 Å². The Kier molecular flexibility index (Phi) is 3.51. The van der Waals surface area contributed by atoms with Crippen LogP contribution in [-0.2, 0) is 15.4 Å². The molecule has 6 rings (SSSR count). The molecule has 3 aliphatic rings. The highest BCUT2D eigenvalue weighted by atomic mass is 32.2. The van der Waals surface area contributed by atoms with Gasteiger partial charge in [0.15, 0.2) is 0 Å². The second-order valence-corrected chi connectivity index (χ2v) is 10.6. The van der Waals surface area contributed by atoms with Crippen LogP contribution in [0.4, 0.5) is 5.69 Å². The maximum Gasteiger partial charge on any atom is 0.264 e. The van der Waals surface area contributed by atoms with Gasteiger partial charge in [-0.3, -0.25) is 4.31 Å². The minimum Gasteiger partial charge on any atom is -0.265 e. The number of fused-ring (bicyclic) bond motifs is 4. The van der Waals surface area contributed by atoms with E-state index >= 15 is 0 Å². The summed E-state index contributed by atoms with van der Waals surface area (Å²) >= 11 is 0. The Bertz CT molecular complexity index is 1260. The Morgan fingerprint density at radius 2 is 1.43 bits per heavy atom. The highest BCUT2D eigenvalue weighted by Crippen LogP contribution is 2.80. The minimum absolute atomic E-state index is 0.0672. The zero-order valence-corrected chi connectivity index (χ0v) is 17.5. The van der Waals surface area contributed by atoms with Crippen LogP contribution < -0.4 is 4.31 Å². The van der Waals surface area contributed by atoms with Crippen molar-refractivity contribution in [2.45, 2.75) is 23.2 Å². The zero-order chi connectivity index (χ0) is 20.6. The van der Waals surface area contributed by atoms with E-state index in [0.29, 0.717) is 11.4 Å². The van der Waals surface area contributed by atoms with Gasteiger partial charge in [0.25, 0.3) is 10.0 Å². The van der Waals surface area contributed by atoms with E-state index in [9.17, 15) is 8.42 Å². The monoisotopic (exact) mass is 413 g/mol. The summed E-state index contributed by atoms with van der Waals surface area (Å²) in [4.78, 5) is 0.332. The van der Waals surface area contributed by atoms with E-state index in [-0.39, 0.29) is 16.7 Å². The predicted octanol–water partition coefficient (Wildman–Crippen LogP) is 5.15. The van der Waals surface area contributed by atoms with Crippen LogP contribution in [0.25, 0.3) is 0 Å². The van der Waals surface area contributed by atoms with Gasteiger partial charge in [-0.2, -0.15) is 0 Å². The lowest BCUT2D eigenvalue weighted by Gasteiger charge is -2.64. The molecule has 1 heterocycles. The molecule has 2 aliphatic carbocycles. The first-order valence-corrected chi connectivity index (χ1v) is 11.9. The fourth-order valence-electron chi connectivity index (χ4n) is 6.21. The first-order valence-electron chi connectivity index (χ1n) is 10.5. The second kappa shape index (κ2) is 5.86. The topological polar surface area (TPSA) is 37.4 Å². The summed E-state index contributed by atoms with van der Waals surface area (Å²) in [6.07, 6.45) is 2.24. The Morgan fingerprint density at radius 1 is 0.833 bits per heavy atom. The van der Waals surface area contributed by atoms with Gasteiger partial charge in [0.2, 0.25) is 0 Å². The lowest BCUT2D eigenvalue weighted by atomic mass is 9.41. The molecule has 0 N–H and O–H groups in total. The number of sulfonamides is 1. The van der Waals surface area contributed by atoms with Crippen molar-refractivity contribution >= 4 is 15.7 Å². The Balaban J connectivity index is 1.61. The average molecular weight is 414 g/mol. The molecule has 0 radical (unpaired) electrons. The van der Waals surface area contributed by atoms with E-state index in [1.807, 2.05) is 30.3 Å². The van der Waals surface area contributed by atoms with Gasteiger partial charge in [0, 0.05) is 23.3 Å². The van der Waals surface area contributed by atoms with Crippen molar-refractivity contribution in [2.75, 3.05) is 10.8 Å². The zero-order valence-electron chi connectivity index (χ0n) is 16.7. The number of benzene rings is 3. The van der Waals surface area contributed by atoms with Gasteiger partial charge in [0.1, 0.15) is 0 Å². The van der Waals surface area contributed by atoms with Gasteiger partial charge in [-0.25, -0.2) is 8.42 Å². The summed E-state index contributed by atoms with van der Waals surface area (Å²) in [7, 11) is -3.65. The fraction of sp³-hybridized carbons (Fsp3) is 0.231. The first-order chi connectivity index (χ1) is 14.5. The molecule has 0 saturated heterocycles. The summed E-state index contributed by atoms with van der Waals surface area (Å²) in [5, 5.41) is 0. The lowest BCUT2D eigenvalue weighted by molar-refractivity contribution is 0.134. The summed E-state index contributed by atoms with van der Waals surface area (Å²) in [6.45, 7) is 4.91. The van der Waals surface area contributed by atoms with Crippen LogP contribution in [0, 0.1) is 11.3 Å². The van der Waals surface area contributed by atoms with Crippen molar-refractivity contribution in [3.63, 3.8) is 0 Å². The van der Waals surface area contributed by atoms with E-state index in [1.165, 1.54) is 11.1 Å². The summed E-state index contributed by atoms with van der Waals surface area (Å²) in [6, 6.07) is 27.5. The molecule has 0 bridgehead atoms. The fourth-order valence-corrected chi connectivity index (χ4v) is 7.73. The Hall–Kier alpha value is -2.85. The first kappa shape index (κ1) is 18.0. The van der Waals surface area contributed by atoms with Gasteiger partial charge in [0.05, 0.1) is 10.6 Å². The number of hydrogen-bond acceptors (Lipinski definition) is 2. The number of para-hydroxylation sites is 1. The Labute approximate surface area is 177 Å². The van der Waals surface area contributed by atoms with Crippen molar-refractivity contribution in [3.05, 3.63) is 108 Å². The average Bonchev–Trinajstić information content (AvgIpc) is 3.62. The maximum absolute atomic E-state index is 13.6. The highest BCUT2D eigenvalue weighted by molar-refractivity contribution is 7.92. The van der Waals surface area contributed by atoms with Crippen LogP contribution in [0.15, 0.2) is 102 Å². The highest BCUT2D eigenvalue weighted by Gasteiger charge is 2.76. The van der Waals surface area contributed by atoms with Crippen molar-refractivity contribution in [3.8, 4) is 0 Å². The van der Waals surface area contributed by atoms with E-state index in [1.54, 1.807) is 28.6 Å². The molecule has 3 aromatic carbocycles. The third-order valence-corrected chi connectivity index (χ3v) is 9.36. The van der Waals surface area contributed by atoms with Crippen LogP contribution >= 0.6 is 0 Å². The van der Waals surface area contributed by atoms with E-state index in [0.717, 1.165) is 24.1 Å². The molecule has 3 aromatic rings. The molecule has 3 nitrogen and oxygen atoms in total. The van der Waals surface area contributed by atoms with Crippen LogP contribution in [-0.4, -0.2) is 15.0 Å². The molecule has 0 aromatic heterocycles. The van der Waals surface area contributed by atoms with E-state index in [2.05, 4.69) is 36.9 Å². The second-order valence-electron chi connectivity index (χ2n) is 8.70. The molecule has 0 unspecified atom stereocenters. The van der Waals surface area contributed by atoms with Gasteiger partial charge < -0.3 is 0 Å². The molecule has 1 aliphatic heterocycles. The minimum atomic E-state index is -3.65. The molecule has 2 saturated carbocycles. The standard InChI is InChI=1S/C26H23NO2S/c1-19-23-18-27(30(28,29)21-12-6-3-7-13-21)24-15-9-8-14-22(24)26(23,25(19)16-17-25)20-10-4-2-5-11-20/h2-15,23H,1,16-18H2/t23-,26-/m0/s1. The molecular weight excluding hydrogens is 390 g/mol. The third-order valence-electron chi connectivity index (χ3n) is 7.57. The van der Waals surface area contributed by atoms with Crippen LogP contribution in [0.3, 0.4) is 0 Å². The molecular formula is C26H23NO2S. The van der Waals surface area contributed by atoms with E-state index in [4.69, 9.17) is 0 Å². The largest absolute Gasteiger partial charge is 0.265 e. The van der Waals surface area contributed by atoms with Gasteiger partial charge in [-0.1, -0.05) is 78.9 Å². The lowest BCUT2D eigenvalue weighted by Crippen LogP contribution is -2.64. The van der Waals surface area contributed by atoms with Crippen molar-refractivity contribution in [1.29, 1.82) is 0 Å². The normalized spacial score (nSPS) is 25.9. The molecule has 2 fully saturated rings. The molecule has 1 spiro atoms. The summed E-state index contributed by atoms with van der Waals surface area (Å²) in [5.74, 6) is 0.0794. The van der Waals surface area contributed by atoms with Gasteiger partial charge in [-0.05, 0) is 42.2 Å².